The van der Waals surface area contributed by atoms with Crippen LogP contribution in [0, 0.1) is 0 Å². The molecule has 1 rings (SSSR count). The van der Waals surface area contributed by atoms with Crippen LogP contribution in [0.5, 0.6) is 0 Å². The number of amides is 1. The zero-order valence-electron chi connectivity index (χ0n) is 11.0. The van der Waals surface area contributed by atoms with Gasteiger partial charge in [-0.25, -0.2) is 0 Å². The Bertz CT molecular complexity index is 550. The Morgan fingerprint density at radius 3 is 2.50 bits per heavy atom. The van der Waals surface area contributed by atoms with Gasteiger partial charge in [-0.2, -0.15) is 13.2 Å². The predicted molar refractivity (Wildman–Crippen MR) is 65.0 cm³/mol. The van der Waals surface area contributed by atoms with Crippen molar-refractivity contribution in [1.29, 1.82) is 0 Å². The summed E-state index contributed by atoms with van der Waals surface area (Å²) in [5.41, 5.74) is -3.52. The van der Waals surface area contributed by atoms with E-state index >= 15 is 0 Å². The van der Waals surface area contributed by atoms with Gasteiger partial charge in [-0.15, -0.1) is 0 Å². The Morgan fingerprint density at radius 2 is 2.00 bits per heavy atom. The first-order chi connectivity index (χ1) is 9.07. The van der Waals surface area contributed by atoms with Gasteiger partial charge in [0.1, 0.15) is 12.1 Å². The number of hydrogen-bond acceptors (Lipinski definition) is 3. The lowest BCUT2D eigenvalue weighted by atomic mass is 10.1. The number of pyridine rings is 1. The summed E-state index contributed by atoms with van der Waals surface area (Å²) in [6.45, 7) is 2.20. The molecule has 0 aromatic carbocycles. The van der Waals surface area contributed by atoms with Crippen molar-refractivity contribution in [2.75, 3.05) is 6.61 Å². The van der Waals surface area contributed by atoms with Gasteiger partial charge in [-0.3, -0.25) is 9.59 Å². The van der Waals surface area contributed by atoms with Crippen LogP contribution in [0.15, 0.2) is 23.1 Å². The number of aliphatic hydroxyl groups excluding tert-OH is 1. The third-order valence-corrected chi connectivity index (χ3v) is 2.51. The normalized spacial score (nSPS) is 12.3. The van der Waals surface area contributed by atoms with Crippen LogP contribution in [0.1, 0.15) is 19.4 Å². The second-order valence-electron chi connectivity index (χ2n) is 4.94. The maximum Gasteiger partial charge on any atom is 0.421 e. The number of halogens is 3. The van der Waals surface area contributed by atoms with Crippen molar-refractivity contribution >= 4 is 5.91 Å². The molecule has 8 heteroatoms. The minimum atomic E-state index is -4.76. The Morgan fingerprint density at radius 1 is 1.40 bits per heavy atom. The van der Waals surface area contributed by atoms with E-state index in [1.165, 1.54) is 0 Å². The van der Waals surface area contributed by atoms with Crippen LogP contribution in [0.25, 0.3) is 0 Å². The number of alkyl halides is 3. The molecule has 1 aromatic heterocycles. The van der Waals surface area contributed by atoms with Crippen molar-refractivity contribution in [3.8, 4) is 0 Å². The minimum absolute atomic E-state index is 0.337. The van der Waals surface area contributed by atoms with Crippen molar-refractivity contribution in [2.24, 2.45) is 0 Å². The van der Waals surface area contributed by atoms with Crippen LogP contribution in [0.2, 0.25) is 0 Å². The van der Waals surface area contributed by atoms with Crippen LogP contribution in [-0.2, 0) is 17.5 Å². The molecule has 0 radical (unpaired) electrons. The molecule has 2 N–H and O–H groups in total. The summed E-state index contributed by atoms with van der Waals surface area (Å²) in [4.78, 5) is 23.2. The van der Waals surface area contributed by atoms with Gasteiger partial charge in [0.05, 0.1) is 12.1 Å². The third-order valence-electron chi connectivity index (χ3n) is 2.51. The molecule has 0 aliphatic carbocycles. The second kappa shape index (κ2) is 5.66. The number of hydrogen-bond donors (Lipinski definition) is 2. The van der Waals surface area contributed by atoms with Gasteiger partial charge < -0.3 is 15.0 Å². The highest BCUT2D eigenvalue weighted by Gasteiger charge is 2.34. The molecule has 112 valence electrons. The zero-order chi connectivity index (χ0) is 15.6. The third kappa shape index (κ3) is 4.09. The molecule has 1 heterocycles. The smallest absolute Gasteiger partial charge is 0.394 e. The Hall–Kier alpha value is -1.83. The molecule has 0 unspecified atom stereocenters. The van der Waals surface area contributed by atoms with Gasteiger partial charge in [0.2, 0.25) is 5.91 Å². The van der Waals surface area contributed by atoms with Gasteiger partial charge in [0, 0.05) is 6.20 Å². The van der Waals surface area contributed by atoms with Crippen LogP contribution in [-0.4, -0.2) is 27.7 Å². The van der Waals surface area contributed by atoms with Crippen molar-refractivity contribution in [3.05, 3.63) is 34.2 Å². The Labute approximate surface area is 113 Å². The summed E-state index contributed by atoms with van der Waals surface area (Å²) >= 11 is 0. The average Bonchev–Trinajstić information content (AvgIpc) is 2.29. The molecule has 0 saturated heterocycles. The van der Waals surface area contributed by atoms with Gasteiger partial charge in [0.15, 0.2) is 0 Å². The fraction of sp³-hybridized carbons (Fsp3) is 0.500. The first-order valence-electron chi connectivity index (χ1n) is 5.75. The van der Waals surface area contributed by atoms with Gasteiger partial charge in [-0.1, -0.05) is 0 Å². The van der Waals surface area contributed by atoms with E-state index in [1.807, 2.05) is 0 Å². The van der Waals surface area contributed by atoms with Crippen LogP contribution < -0.4 is 10.9 Å². The molecular weight excluding hydrogens is 277 g/mol. The molecule has 0 bridgehead atoms. The summed E-state index contributed by atoms with van der Waals surface area (Å²) < 4.78 is 38.3. The number of rotatable bonds is 4. The maximum absolute atomic E-state index is 12.5. The van der Waals surface area contributed by atoms with Crippen molar-refractivity contribution in [3.63, 3.8) is 0 Å². The van der Waals surface area contributed by atoms with Crippen LogP contribution in [0.3, 0.4) is 0 Å². The van der Waals surface area contributed by atoms with E-state index in [0.29, 0.717) is 10.6 Å². The molecule has 0 fully saturated rings. The number of carbonyl (C=O) groups is 1. The van der Waals surface area contributed by atoms with E-state index in [0.717, 1.165) is 12.3 Å². The molecule has 1 aromatic rings. The molecule has 0 spiro atoms. The first-order valence-corrected chi connectivity index (χ1v) is 5.75. The van der Waals surface area contributed by atoms with E-state index in [2.05, 4.69) is 5.32 Å². The second-order valence-corrected chi connectivity index (χ2v) is 4.94. The monoisotopic (exact) mass is 292 g/mol. The van der Waals surface area contributed by atoms with E-state index in [-0.39, 0.29) is 6.61 Å². The highest BCUT2D eigenvalue weighted by atomic mass is 19.4. The quantitative estimate of drug-likeness (QED) is 0.860. The number of nitrogens with zero attached hydrogens (tertiary/aromatic N) is 1. The van der Waals surface area contributed by atoms with Crippen molar-refractivity contribution in [2.45, 2.75) is 32.1 Å². The number of carbonyl (C=O) groups excluding carboxylic acids is 1. The minimum Gasteiger partial charge on any atom is -0.394 e. The largest absolute Gasteiger partial charge is 0.421 e. The number of nitrogens with one attached hydrogen (secondary N) is 1. The molecule has 0 aliphatic heterocycles. The van der Waals surface area contributed by atoms with Crippen molar-refractivity contribution < 1.29 is 23.1 Å². The summed E-state index contributed by atoms with van der Waals surface area (Å²) in [7, 11) is 0. The average molecular weight is 292 g/mol. The standard InChI is InChI=1S/C12H15F3N2O3/c1-11(2,7-18)16-9(19)6-17-5-3-4-8(10(17)20)12(13,14)15/h3-5,18H,6-7H2,1-2H3,(H,16,19). The summed E-state index contributed by atoms with van der Waals surface area (Å²) in [5.74, 6) is -0.662. The maximum atomic E-state index is 12.5. The molecule has 0 atom stereocenters. The lowest BCUT2D eigenvalue weighted by Crippen LogP contribution is -2.48. The molecule has 0 aliphatic rings. The zero-order valence-corrected chi connectivity index (χ0v) is 11.0. The van der Waals surface area contributed by atoms with Crippen LogP contribution >= 0.6 is 0 Å². The fourth-order valence-corrected chi connectivity index (χ4v) is 1.49. The number of aliphatic hydroxyl groups is 1. The lowest BCUT2D eigenvalue weighted by Gasteiger charge is -2.23. The molecule has 20 heavy (non-hydrogen) atoms. The van der Waals surface area contributed by atoms with E-state index in [4.69, 9.17) is 5.11 Å². The van der Waals surface area contributed by atoms with Gasteiger partial charge >= 0.3 is 6.18 Å². The Balaban J connectivity index is 2.95. The van der Waals surface area contributed by atoms with E-state index in [9.17, 15) is 22.8 Å². The molecule has 5 nitrogen and oxygen atoms in total. The molecule has 0 saturated carbocycles. The van der Waals surface area contributed by atoms with Crippen molar-refractivity contribution in [1.82, 2.24) is 9.88 Å². The lowest BCUT2D eigenvalue weighted by molar-refractivity contribution is -0.139. The van der Waals surface area contributed by atoms with E-state index < -0.39 is 35.3 Å². The van der Waals surface area contributed by atoms with E-state index in [1.54, 1.807) is 13.8 Å². The van der Waals surface area contributed by atoms with Crippen LogP contribution in [0.4, 0.5) is 13.2 Å². The summed E-state index contributed by atoms with van der Waals surface area (Å²) in [6.07, 6.45) is -3.66. The predicted octanol–water partition coefficient (Wildman–Crippen LogP) is 0.754. The summed E-state index contributed by atoms with van der Waals surface area (Å²) in [5, 5.41) is 11.4. The Kier molecular flexibility index (Phi) is 4.59. The molecule has 1 amide bonds. The topological polar surface area (TPSA) is 71.3 Å². The van der Waals surface area contributed by atoms with Gasteiger partial charge in [-0.05, 0) is 26.0 Å². The highest BCUT2D eigenvalue weighted by Crippen LogP contribution is 2.25. The molecular formula is C12H15F3N2O3. The fourth-order valence-electron chi connectivity index (χ4n) is 1.49. The SMILES string of the molecule is CC(C)(CO)NC(=O)Cn1cccc(C(F)(F)F)c1=O. The van der Waals surface area contributed by atoms with Gasteiger partial charge in [0.25, 0.3) is 5.56 Å². The first kappa shape index (κ1) is 16.2. The summed E-state index contributed by atoms with van der Waals surface area (Å²) in [6, 6.07) is 1.71. The number of aromatic nitrogens is 1. The highest BCUT2D eigenvalue weighted by molar-refractivity contribution is 5.76.